The van der Waals surface area contributed by atoms with Crippen LogP contribution in [-0.2, 0) is 5.41 Å². The molecule has 1 rings (SSSR count). The molecule has 0 atom stereocenters. The molecule has 5 heteroatoms. The molecule has 0 aliphatic heterocycles. The first kappa shape index (κ1) is 16.1. The zero-order valence-corrected chi connectivity index (χ0v) is 12.9. The van der Waals surface area contributed by atoms with Crippen molar-refractivity contribution in [2.45, 2.75) is 46.1 Å². The Hall–Kier alpha value is -1.91. The highest BCUT2D eigenvalue weighted by Gasteiger charge is 2.26. The fourth-order valence-electron chi connectivity index (χ4n) is 1.89. The zero-order chi connectivity index (χ0) is 15.7. The van der Waals surface area contributed by atoms with Crippen molar-refractivity contribution in [2.24, 2.45) is 0 Å². The van der Waals surface area contributed by atoms with Gasteiger partial charge < -0.3 is 4.90 Å². The van der Waals surface area contributed by atoms with Crippen molar-refractivity contribution in [1.29, 1.82) is 0 Å². The molecule has 0 saturated carbocycles. The molecule has 1 aromatic rings. The lowest BCUT2D eigenvalue weighted by molar-refractivity contribution is -0.386. The molecule has 0 N–H and O–H groups in total. The van der Waals surface area contributed by atoms with E-state index in [1.165, 1.54) is 6.07 Å². The number of nitro benzene ring substituents is 1. The molecule has 1 amide bonds. The van der Waals surface area contributed by atoms with Gasteiger partial charge in [0.1, 0.15) is 0 Å². The summed E-state index contributed by atoms with van der Waals surface area (Å²) < 4.78 is 0. The molecule has 0 aliphatic carbocycles. The molecule has 0 bridgehead atoms. The third kappa shape index (κ3) is 3.35. The van der Waals surface area contributed by atoms with Crippen LogP contribution < -0.4 is 0 Å². The predicted molar refractivity (Wildman–Crippen MR) is 79.0 cm³/mol. The molecular weight excluding hydrogens is 256 g/mol. The van der Waals surface area contributed by atoms with Gasteiger partial charge in [-0.1, -0.05) is 26.8 Å². The van der Waals surface area contributed by atoms with Gasteiger partial charge in [-0.3, -0.25) is 14.9 Å². The Balaban J connectivity index is 3.31. The second-order valence-electron chi connectivity index (χ2n) is 6.25. The first-order valence-corrected chi connectivity index (χ1v) is 6.61. The summed E-state index contributed by atoms with van der Waals surface area (Å²) in [6.45, 7) is 9.54. The maximum atomic E-state index is 12.2. The molecule has 0 heterocycles. The van der Waals surface area contributed by atoms with Gasteiger partial charge in [0.2, 0.25) is 0 Å². The smallest absolute Gasteiger partial charge is 0.273 e. The van der Waals surface area contributed by atoms with E-state index in [9.17, 15) is 14.9 Å². The fourth-order valence-corrected chi connectivity index (χ4v) is 1.89. The largest absolute Gasteiger partial charge is 0.339 e. The van der Waals surface area contributed by atoms with Crippen LogP contribution >= 0.6 is 0 Å². The topological polar surface area (TPSA) is 63.5 Å². The fraction of sp³-hybridized carbons (Fsp3) is 0.533. The lowest BCUT2D eigenvalue weighted by Gasteiger charge is -2.23. The standard InChI is InChI=1S/C15H22N2O3/c1-10(2)16(6)14(18)11-7-8-12(15(3,4)5)13(9-11)17(19)20/h7-10H,1-6H3. The van der Waals surface area contributed by atoms with Crippen molar-refractivity contribution < 1.29 is 9.72 Å². The number of carbonyl (C=O) groups excluding carboxylic acids is 1. The van der Waals surface area contributed by atoms with Gasteiger partial charge in [0.15, 0.2) is 0 Å². The number of rotatable bonds is 3. The highest BCUT2D eigenvalue weighted by atomic mass is 16.6. The predicted octanol–water partition coefficient (Wildman–Crippen LogP) is 3.37. The Morgan fingerprint density at radius 1 is 1.30 bits per heavy atom. The van der Waals surface area contributed by atoms with Gasteiger partial charge in [0.05, 0.1) is 4.92 Å². The van der Waals surface area contributed by atoms with E-state index in [-0.39, 0.29) is 23.1 Å². The second kappa shape index (κ2) is 5.61. The average Bonchev–Trinajstić information content (AvgIpc) is 2.34. The number of nitrogens with zero attached hydrogens (tertiary/aromatic N) is 2. The van der Waals surface area contributed by atoms with Crippen molar-refractivity contribution in [2.75, 3.05) is 7.05 Å². The Bertz CT molecular complexity index is 530. The first-order valence-electron chi connectivity index (χ1n) is 6.61. The number of hydrogen-bond donors (Lipinski definition) is 0. The highest BCUT2D eigenvalue weighted by molar-refractivity contribution is 5.95. The Labute approximate surface area is 119 Å². The third-order valence-corrected chi connectivity index (χ3v) is 3.34. The van der Waals surface area contributed by atoms with Crippen molar-refractivity contribution in [3.05, 3.63) is 39.4 Å². The summed E-state index contributed by atoms with van der Waals surface area (Å²) in [7, 11) is 1.69. The van der Waals surface area contributed by atoms with E-state index in [2.05, 4.69) is 0 Å². The third-order valence-electron chi connectivity index (χ3n) is 3.34. The minimum absolute atomic E-state index is 0.000469. The van der Waals surface area contributed by atoms with Gasteiger partial charge in [-0.05, 0) is 25.3 Å². The highest BCUT2D eigenvalue weighted by Crippen LogP contribution is 2.32. The Kier molecular flexibility index (Phi) is 4.53. The average molecular weight is 278 g/mol. The molecule has 0 saturated heterocycles. The summed E-state index contributed by atoms with van der Waals surface area (Å²) in [4.78, 5) is 24.6. The van der Waals surface area contributed by atoms with E-state index < -0.39 is 4.92 Å². The van der Waals surface area contributed by atoms with Gasteiger partial charge >= 0.3 is 0 Å². The van der Waals surface area contributed by atoms with E-state index in [0.717, 1.165) is 0 Å². The Morgan fingerprint density at radius 3 is 2.25 bits per heavy atom. The van der Waals surface area contributed by atoms with Crippen molar-refractivity contribution in [3.8, 4) is 0 Å². The van der Waals surface area contributed by atoms with E-state index in [1.54, 1.807) is 24.1 Å². The number of amides is 1. The number of benzene rings is 1. The summed E-state index contributed by atoms with van der Waals surface area (Å²) in [5.41, 5.74) is 0.640. The summed E-state index contributed by atoms with van der Waals surface area (Å²) in [5.74, 6) is -0.205. The molecule has 0 unspecified atom stereocenters. The van der Waals surface area contributed by atoms with Gasteiger partial charge in [0.25, 0.3) is 11.6 Å². The van der Waals surface area contributed by atoms with Crippen LogP contribution in [0.3, 0.4) is 0 Å². The van der Waals surface area contributed by atoms with Gasteiger partial charge in [-0.15, -0.1) is 0 Å². The SMILES string of the molecule is CC(C)N(C)C(=O)c1ccc(C(C)(C)C)c([N+](=O)[O-])c1. The van der Waals surface area contributed by atoms with Gasteiger partial charge in [-0.2, -0.15) is 0 Å². The number of hydrogen-bond acceptors (Lipinski definition) is 3. The molecule has 0 fully saturated rings. The minimum atomic E-state index is -0.424. The minimum Gasteiger partial charge on any atom is -0.339 e. The second-order valence-corrected chi connectivity index (χ2v) is 6.25. The summed E-state index contributed by atoms with van der Waals surface area (Å²) in [6, 6.07) is 4.76. The van der Waals surface area contributed by atoms with Crippen LogP contribution in [0.5, 0.6) is 0 Å². The molecular formula is C15H22N2O3. The van der Waals surface area contributed by atoms with Gasteiger partial charge in [0, 0.05) is 30.3 Å². The maximum Gasteiger partial charge on any atom is 0.273 e. The maximum absolute atomic E-state index is 12.2. The molecule has 5 nitrogen and oxygen atoms in total. The lowest BCUT2D eigenvalue weighted by atomic mass is 9.85. The molecule has 0 aromatic heterocycles. The van der Waals surface area contributed by atoms with Crippen LogP contribution in [0.15, 0.2) is 18.2 Å². The van der Waals surface area contributed by atoms with Crippen LogP contribution in [0, 0.1) is 10.1 Å². The van der Waals surface area contributed by atoms with Crippen molar-refractivity contribution >= 4 is 11.6 Å². The number of carbonyl (C=O) groups is 1. The molecule has 1 aromatic carbocycles. The first-order chi connectivity index (χ1) is 9.05. The quantitative estimate of drug-likeness (QED) is 0.629. The van der Waals surface area contributed by atoms with E-state index in [0.29, 0.717) is 11.1 Å². The monoisotopic (exact) mass is 278 g/mol. The normalized spacial score (nSPS) is 11.6. The summed E-state index contributed by atoms with van der Waals surface area (Å²) >= 11 is 0. The zero-order valence-electron chi connectivity index (χ0n) is 12.9. The molecule has 0 aliphatic rings. The summed E-state index contributed by atoms with van der Waals surface area (Å²) in [5, 5.41) is 11.2. The van der Waals surface area contributed by atoms with E-state index in [1.807, 2.05) is 34.6 Å². The molecule has 110 valence electrons. The van der Waals surface area contributed by atoms with Crippen LogP contribution in [0.25, 0.3) is 0 Å². The van der Waals surface area contributed by atoms with E-state index in [4.69, 9.17) is 0 Å². The van der Waals surface area contributed by atoms with Crippen molar-refractivity contribution in [3.63, 3.8) is 0 Å². The van der Waals surface area contributed by atoms with Crippen LogP contribution in [-0.4, -0.2) is 28.8 Å². The Morgan fingerprint density at radius 2 is 1.85 bits per heavy atom. The molecule has 0 spiro atoms. The lowest BCUT2D eigenvalue weighted by Crippen LogP contribution is -2.33. The van der Waals surface area contributed by atoms with Crippen LogP contribution in [0.4, 0.5) is 5.69 Å². The van der Waals surface area contributed by atoms with Crippen LogP contribution in [0.2, 0.25) is 0 Å². The van der Waals surface area contributed by atoms with E-state index >= 15 is 0 Å². The van der Waals surface area contributed by atoms with Gasteiger partial charge in [-0.25, -0.2) is 0 Å². The number of nitro groups is 1. The van der Waals surface area contributed by atoms with Crippen LogP contribution in [0.1, 0.15) is 50.5 Å². The molecule has 0 radical (unpaired) electrons. The summed E-state index contributed by atoms with van der Waals surface area (Å²) in [6.07, 6.45) is 0. The van der Waals surface area contributed by atoms with Crippen molar-refractivity contribution in [1.82, 2.24) is 4.90 Å². The molecule has 20 heavy (non-hydrogen) atoms.